The number of imide groups is 1. The molecule has 2 heterocycles. The molecule has 2 aliphatic heterocycles. The van der Waals surface area contributed by atoms with Crippen LogP contribution in [0.2, 0.25) is 0 Å². The highest BCUT2D eigenvalue weighted by atomic mass is 16.6. The summed E-state index contributed by atoms with van der Waals surface area (Å²) >= 11 is 0. The lowest BCUT2D eigenvalue weighted by molar-refractivity contribution is -0.384. The summed E-state index contributed by atoms with van der Waals surface area (Å²) in [6, 6.07) is 3.45. The number of nitro benzene ring substituents is 1. The molecule has 3 rings (SSSR count). The molecule has 0 aromatic heterocycles. The predicted octanol–water partition coefficient (Wildman–Crippen LogP) is 1.30. The zero-order valence-electron chi connectivity index (χ0n) is 17.2. The number of hydrogen-bond donors (Lipinski definition) is 0. The lowest BCUT2D eigenvalue weighted by atomic mass is 9.94. The third-order valence-electron chi connectivity index (χ3n) is 5.24. The van der Waals surface area contributed by atoms with Crippen molar-refractivity contribution in [1.29, 1.82) is 0 Å². The van der Waals surface area contributed by atoms with Gasteiger partial charge in [0.1, 0.15) is 6.54 Å². The van der Waals surface area contributed by atoms with E-state index >= 15 is 0 Å². The van der Waals surface area contributed by atoms with E-state index in [4.69, 9.17) is 0 Å². The fraction of sp³-hybridized carbons (Fsp3) is 0.500. The Kier molecular flexibility index (Phi) is 5.60. The highest BCUT2D eigenvalue weighted by molar-refractivity contribution is 6.22. The van der Waals surface area contributed by atoms with E-state index in [9.17, 15) is 29.3 Å². The van der Waals surface area contributed by atoms with Crippen molar-refractivity contribution in [2.45, 2.75) is 27.2 Å². The standard InChI is InChI=1S/C20H24N4O6/c1-20(2,3)19(28)22-8-4-7-21(9-10-22)16(25)12-23-17(26)14-6-5-13(24(29)30)11-15(14)18(23)27/h5-6,11H,4,7-10,12H2,1-3H3. The molecule has 1 fully saturated rings. The molecule has 0 bridgehead atoms. The van der Waals surface area contributed by atoms with Gasteiger partial charge in [0.25, 0.3) is 17.5 Å². The number of fused-ring (bicyclic) bond motifs is 1. The lowest BCUT2D eigenvalue weighted by Crippen LogP contribution is -2.45. The van der Waals surface area contributed by atoms with Crippen LogP contribution in [0.4, 0.5) is 5.69 Å². The first kappa shape index (κ1) is 21.4. The first-order valence-corrected chi connectivity index (χ1v) is 9.72. The lowest BCUT2D eigenvalue weighted by Gasteiger charge is -2.28. The summed E-state index contributed by atoms with van der Waals surface area (Å²) in [4.78, 5) is 64.8. The van der Waals surface area contributed by atoms with E-state index < -0.39 is 34.6 Å². The summed E-state index contributed by atoms with van der Waals surface area (Å²) in [5.41, 5.74) is -0.822. The maximum atomic E-state index is 12.8. The summed E-state index contributed by atoms with van der Waals surface area (Å²) in [6.45, 7) is 6.75. The molecule has 0 N–H and O–H groups in total. The van der Waals surface area contributed by atoms with E-state index in [-0.39, 0.29) is 22.7 Å². The zero-order chi connectivity index (χ0) is 22.2. The fourth-order valence-electron chi connectivity index (χ4n) is 3.62. The first-order chi connectivity index (χ1) is 14.0. The molecule has 160 valence electrons. The van der Waals surface area contributed by atoms with Gasteiger partial charge in [-0.15, -0.1) is 0 Å². The van der Waals surface area contributed by atoms with Crippen LogP contribution in [0.1, 0.15) is 47.9 Å². The second kappa shape index (κ2) is 7.85. The van der Waals surface area contributed by atoms with Crippen LogP contribution in [0.5, 0.6) is 0 Å². The van der Waals surface area contributed by atoms with E-state index in [1.54, 1.807) is 9.80 Å². The number of rotatable bonds is 3. The summed E-state index contributed by atoms with van der Waals surface area (Å²) < 4.78 is 0. The van der Waals surface area contributed by atoms with Crippen LogP contribution in [0.25, 0.3) is 0 Å². The topological polar surface area (TPSA) is 121 Å². The molecule has 0 aliphatic carbocycles. The third-order valence-corrected chi connectivity index (χ3v) is 5.24. The van der Waals surface area contributed by atoms with Crippen molar-refractivity contribution in [2.24, 2.45) is 5.41 Å². The Morgan fingerprint density at radius 1 is 1.00 bits per heavy atom. The molecule has 1 aromatic carbocycles. The van der Waals surface area contributed by atoms with Crippen molar-refractivity contribution in [2.75, 3.05) is 32.7 Å². The van der Waals surface area contributed by atoms with E-state index in [1.165, 1.54) is 6.07 Å². The van der Waals surface area contributed by atoms with Crippen LogP contribution < -0.4 is 0 Å². The van der Waals surface area contributed by atoms with E-state index in [2.05, 4.69) is 0 Å². The number of benzene rings is 1. The Morgan fingerprint density at radius 2 is 1.60 bits per heavy atom. The molecule has 0 atom stereocenters. The van der Waals surface area contributed by atoms with Crippen LogP contribution in [0.3, 0.4) is 0 Å². The summed E-state index contributed by atoms with van der Waals surface area (Å²) in [5, 5.41) is 10.9. The first-order valence-electron chi connectivity index (χ1n) is 9.72. The minimum Gasteiger partial charge on any atom is -0.340 e. The Bertz CT molecular complexity index is 936. The molecule has 0 unspecified atom stereocenters. The molecule has 10 nitrogen and oxygen atoms in total. The minimum absolute atomic E-state index is 0.0127. The van der Waals surface area contributed by atoms with Crippen molar-refractivity contribution in [1.82, 2.24) is 14.7 Å². The molecule has 10 heteroatoms. The predicted molar refractivity (Wildman–Crippen MR) is 106 cm³/mol. The Labute approximate surface area is 173 Å². The Hall–Kier alpha value is -3.30. The molecule has 1 aromatic rings. The van der Waals surface area contributed by atoms with Crippen molar-refractivity contribution in [3.8, 4) is 0 Å². The van der Waals surface area contributed by atoms with Crippen molar-refractivity contribution in [3.05, 3.63) is 39.4 Å². The van der Waals surface area contributed by atoms with Crippen LogP contribution in [-0.4, -0.2) is 76.0 Å². The van der Waals surface area contributed by atoms with Gasteiger partial charge in [0.15, 0.2) is 0 Å². The van der Waals surface area contributed by atoms with Gasteiger partial charge < -0.3 is 9.80 Å². The van der Waals surface area contributed by atoms with Crippen LogP contribution >= 0.6 is 0 Å². The van der Waals surface area contributed by atoms with Crippen LogP contribution in [0.15, 0.2) is 18.2 Å². The molecule has 30 heavy (non-hydrogen) atoms. The summed E-state index contributed by atoms with van der Waals surface area (Å²) in [7, 11) is 0. The quantitative estimate of drug-likeness (QED) is 0.416. The van der Waals surface area contributed by atoms with Gasteiger partial charge >= 0.3 is 0 Å². The van der Waals surface area contributed by atoms with Gasteiger partial charge in [0.2, 0.25) is 11.8 Å². The Balaban J connectivity index is 1.68. The number of carbonyl (C=O) groups excluding carboxylic acids is 4. The van der Waals surface area contributed by atoms with Crippen LogP contribution in [0, 0.1) is 15.5 Å². The molecule has 1 saturated heterocycles. The molecular weight excluding hydrogens is 392 g/mol. The SMILES string of the molecule is CC(C)(C)C(=O)N1CCCN(C(=O)CN2C(=O)c3ccc([N+](=O)[O-])cc3C2=O)CC1. The number of nitro groups is 1. The maximum absolute atomic E-state index is 12.8. The summed E-state index contributed by atoms with van der Waals surface area (Å²) in [5.74, 6) is -1.74. The number of amides is 4. The average Bonchev–Trinajstić information content (AvgIpc) is 2.86. The van der Waals surface area contributed by atoms with E-state index in [0.717, 1.165) is 17.0 Å². The average molecular weight is 416 g/mol. The molecule has 0 spiro atoms. The molecule has 0 radical (unpaired) electrons. The molecule has 0 saturated carbocycles. The van der Waals surface area contributed by atoms with E-state index in [0.29, 0.717) is 32.6 Å². The van der Waals surface area contributed by atoms with Gasteiger partial charge in [0.05, 0.1) is 16.1 Å². The monoisotopic (exact) mass is 416 g/mol. The van der Waals surface area contributed by atoms with Gasteiger partial charge in [-0.25, -0.2) is 0 Å². The van der Waals surface area contributed by atoms with Gasteiger partial charge in [-0.1, -0.05) is 20.8 Å². The van der Waals surface area contributed by atoms with Crippen LogP contribution in [-0.2, 0) is 9.59 Å². The minimum atomic E-state index is -0.716. The largest absolute Gasteiger partial charge is 0.340 e. The molecular formula is C20H24N4O6. The normalized spacial score (nSPS) is 17.1. The number of nitrogens with zero attached hydrogens (tertiary/aromatic N) is 4. The third kappa shape index (κ3) is 4.03. The second-order valence-corrected chi connectivity index (χ2v) is 8.46. The summed E-state index contributed by atoms with van der Waals surface area (Å²) in [6.07, 6.45) is 0.599. The zero-order valence-corrected chi connectivity index (χ0v) is 17.2. The number of hydrogen-bond acceptors (Lipinski definition) is 6. The molecule has 4 amide bonds. The number of non-ortho nitro benzene ring substituents is 1. The van der Waals surface area contributed by atoms with Crippen molar-refractivity contribution < 1.29 is 24.1 Å². The van der Waals surface area contributed by atoms with Gasteiger partial charge in [-0.2, -0.15) is 0 Å². The fourth-order valence-corrected chi connectivity index (χ4v) is 3.62. The van der Waals surface area contributed by atoms with Crippen molar-refractivity contribution in [3.63, 3.8) is 0 Å². The Morgan fingerprint density at radius 3 is 2.23 bits per heavy atom. The van der Waals surface area contributed by atoms with Crippen molar-refractivity contribution >= 4 is 29.3 Å². The highest BCUT2D eigenvalue weighted by Gasteiger charge is 2.39. The van der Waals surface area contributed by atoms with Gasteiger partial charge in [-0.3, -0.25) is 34.2 Å². The number of carbonyl (C=O) groups is 4. The maximum Gasteiger partial charge on any atom is 0.270 e. The highest BCUT2D eigenvalue weighted by Crippen LogP contribution is 2.27. The van der Waals surface area contributed by atoms with E-state index in [1.807, 2.05) is 20.8 Å². The molecule has 2 aliphatic rings. The van der Waals surface area contributed by atoms with Gasteiger partial charge in [0, 0.05) is 43.7 Å². The van der Waals surface area contributed by atoms with Gasteiger partial charge in [-0.05, 0) is 12.5 Å². The second-order valence-electron chi connectivity index (χ2n) is 8.46. The smallest absolute Gasteiger partial charge is 0.270 e.